The zero-order valence-electron chi connectivity index (χ0n) is 28.7. The van der Waals surface area contributed by atoms with Crippen molar-refractivity contribution in [2.45, 2.75) is 213 Å². The van der Waals surface area contributed by atoms with Crippen molar-refractivity contribution >= 4 is 38.9 Å². The summed E-state index contributed by atoms with van der Waals surface area (Å²) in [5, 5.41) is 0. The molecular formula is C36H69O6Sn. The monoisotopic (exact) mass is 717 g/mol. The van der Waals surface area contributed by atoms with Crippen molar-refractivity contribution in [1.82, 2.24) is 0 Å². The molecule has 0 aliphatic carbocycles. The zero-order chi connectivity index (χ0) is 31.6. The fourth-order valence-corrected chi connectivity index (χ4v) is 8.06. The van der Waals surface area contributed by atoms with E-state index < -0.39 is 38.9 Å². The summed E-state index contributed by atoms with van der Waals surface area (Å²) in [6.07, 6.45) is 32.3. The van der Waals surface area contributed by atoms with E-state index in [9.17, 15) is 14.4 Å². The Morgan fingerprint density at radius 1 is 0.326 bits per heavy atom. The number of hydrogen-bond acceptors (Lipinski definition) is 6. The standard InChI is InChI=1S/3C12H24O2.Sn/c3*1-2-3-4-5-6-7-8-9-10-11-12(13)14;/h3*2-11H2,1H3,(H,13,14);/q;;;+3/p-3. The van der Waals surface area contributed by atoms with Crippen LogP contribution in [0, 0.1) is 0 Å². The first-order valence-corrected chi connectivity index (χ1v) is 22.0. The van der Waals surface area contributed by atoms with Crippen LogP contribution >= 0.6 is 0 Å². The Bertz CT molecular complexity index is 556. The van der Waals surface area contributed by atoms with E-state index in [-0.39, 0.29) is 19.3 Å². The zero-order valence-corrected chi connectivity index (χ0v) is 31.5. The molecule has 0 unspecified atom stereocenters. The predicted octanol–water partition coefficient (Wildman–Crippen LogP) is 11.4. The van der Waals surface area contributed by atoms with Gasteiger partial charge in [0.25, 0.3) is 0 Å². The first kappa shape index (κ1) is 42.2. The molecule has 6 nitrogen and oxygen atoms in total. The van der Waals surface area contributed by atoms with E-state index in [0.29, 0.717) is 0 Å². The van der Waals surface area contributed by atoms with Crippen LogP contribution in [0.1, 0.15) is 213 Å². The Kier molecular flexibility index (Phi) is 33.5. The SMILES string of the molecule is CCCCCCCCCCCC(=O)[O][Sn]([O]C(=O)CCCCCCCCCCC)[O]C(=O)CCCCCCCCCCC. The van der Waals surface area contributed by atoms with Crippen LogP contribution in [-0.2, 0) is 23.6 Å². The van der Waals surface area contributed by atoms with Crippen LogP contribution in [0.2, 0.25) is 0 Å². The van der Waals surface area contributed by atoms with Gasteiger partial charge in [-0.1, -0.05) is 20.8 Å². The quantitative estimate of drug-likeness (QED) is 0.0497. The van der Waals surface area contributed by atoms with Crippen LogP contribution in [0.5, 0.6) is 0 Å². The van der Waals surface area contributed by atoms with E-state index in [1.165, 1.54) is 116 Å². The Labute approximate surface area is 274 Å². The molecule has 0 aromatic rings. The van der Waals surface area contributed by atoms with Gasteiger partial charge in [-0.25, -0.2) is 0 Å². The van der Waals surface area contributed by atoms with Crippen molar-refractivity contribution in [2.24, 2.45) is 0 Å². The molecule has 0 bridgehead atoms. The Morgan fingerprint density at radius 3 is 0.721 bits per heavy atom. The van der Waals surface area contributed by atoms with Crippen molar-refractivity contribution in [3.63, 3.8) is 0 Å². The molecule has 1 radical (unpaired) electrons. The summed E-state index contributed by atoms with van der Waals surface area (Å²) in [6.45, 7) is 6.68. The van der Waals surface area contributed by atoms with Crippen LogP contribution in [0.4, 0.5) is 0 Å². The molecule has 253 valence electrons. The molecule has 0 aliphatic heterocycles. The van der Waals surface area contributed by atoms with Gasteiger partial charge in [-0.3, -0.25) is 0 Å². The molecule has 0 aromatic heterocycles. The van der Waals surface area contributed by atoms with Crippen molar-refractivity contribution < 1.29 is 23.6 Å². The maximum absolute atomic E-state index is 12.5. The van der Waals surface area contributed by atoms with E-state index in [4.69, 9.17) is 9.22 Å². The molecule has 0 aromatic carbocycles. The normalized spacial score (nSPS) is 11.2. The second-order valence-electron chi connectivity index (χ2n) is 12.4. The Morgan fingerprint density at radius 2 is 0.512 bits per heavy atom. The topological polar surface area (TPSA) is 78.9 Å². The number of carbonyl (C=O) groups excluding carboxylic acids is 3. The van der Waals surface area contributed by atoms with Crippen LogP contribution in [0.25, 0.3) is 0 Å². The third-order valence-electron chi connectivity index (χ3n) is 8.04. The van der Waals surface area contributed by atoms with Gasteiger partial charge in [-0.05, 0) is 0 Å². The second kappa shape index (κ2) is 34.1. The summed E-state index contributed by atoms with van der Waals surface area (Å²) >= 11 is -3.87. The van der Waals surface area contributed by atoms with Crippen molar-refractivity contribution in [2.75, 3.05) is 0 Å². The molecule has 0 amide bonds. The van der Waals surface area contributed by atoms with Gasteiger partial charge >= 0.3 is 255 Å². The Balaban J connectivity index is 4.38. The van der Waals surface area contributed by atoms with Gasteiger partial charge in [-0.15, -0.1) is 0 Å². The van der Waals surface area contributed by atoms with E-state index in [1.54, 1.807) is 0 Å². The minimum atomic E-state index is -3.87. The predicted molar refractivity (Wildman–Crippen MR) is 180 cm³/mol. The summed E-state index contributed by atoms with van der Waals surface area (Å²) in [7, 11) is 0. The molecular weight excluding hydrogens is 647 g/mol. The van der Waals surface area contributed by atoms with Crippen molar-refractivity contribution in [3.8, 4) is 0 Å². The van der Waals surface area contributed by atoms with E-state index in [0.717, 1.165) is 57.8 Å². The van der Waals surface area contributed by atoms with Crippen LogP contribution in [0.15, 0.2) is 0 Å². The minimum absolute atomic E-state index is 0.283. The molecule has 0 spiro atoms. The molecule has 0 N–H and O–H groups in total. The summed E-state index contributed by atoms with van der Waals surface area (Å²) in [6, 6.07) is 0. The Hall–Kier alpha value is -0.791. The molecule has 7 heteroatoms. The molecule has 0 aliphatic rings. The molecule has 0 fully saturated rings. The van der Waals surface area contributed by atoms with E-state index in [2.05, 4.69) is 20.8 Å². The van der Waals surface area contributed by atoms with Gasteiger partial charge in [0.1, 0.15) is 0 Å². The van der Waals surface area contributed by atoms with E-state index in [1.807, 2.05) is 0 Å². The van der Waals surface area contributed by atoms with Gasteiger partial charge in [0, 0.05) is 0 Å². The minimum Gasteiger partial charge on any atom is -0.0654 e. The van der Waals surface area contributed by atoms with E-state index >= 15 is 0 Å². The molecule has 0 rings (SSSR count). The average Bonchev–Trinajstić information content (AvgIpc) is 2.98. The number of hydrogen-bond donors (Lipinski definition) is 0. The number of rotatable bonds is 33. The van der Waals surface area contributed by atoms with Crippen LogP contribution < -0.4 is 0 Å². The summed E-state index contributed by atoms with van der Waals surface area (Å²) in [5.74, 6) is -1.20. The molecule has 0 heterocycles. The number of carbonyl (C=O) groups is 3. The third kappa shape index (κ3) is 32.4. The fraction of sp³-hybridized carbons (Fsp3) is 0.917. The summed E-state index contributed by atoms with van der Waals surface area (Å²) in [4.78, 5) is 37.6. The first-order chi connectivity index (χ1) is 21.0. The van der Waals surface area contributed by atoms with Gasteiger partial charge in [0.2, 0.25) is 0 Å². The summed E-state index contributed by atoms with van der Waals surface area (Å²) in [5.41, 5.74) is 0. The molecule has 0 saturated carbocycles. The first-order valence-electron chi connectivity index (χ1n) is 18.5. The molecule has 43 heavy (non-hydrogen) atoms. The van der Waals surface area contributed by atoms with Crippen LogP contribution in [0.3, 0.4) is 0 Å². The van der Waals surface area contributed by atoms with Crippen molar-refractivity contribution in [3.05, 3.63) is 0 Å². The van der Waals surface area contributed by atoms with Crippen molar-refractivity contribution in [1.29, 1.82) is 0 Å². The average molecular weight is 717 g/mol. The second-order valence-corrected chi connectivity index (χ2v) is 15.6. The third-order valence-corrected chi connectivity index (χ3v) is 11.4. The summed E-state index contributed by atoms with van der Waals surface area (Å²) < 4.78 is 16.6. The van der Waals surface area contributed by atoms with Gasteiger partial charge < -0.3 is 0 Å². The smallest absolute Gasteiger partial charge is 0.0654 e. The molecule has 0 saturated heterocycles. The van der Waals surface area contributed by atoms with Gasteiger partial charge in [0.05, 0.1) is 0 Å². The maximum atomic E-state index is 12.5. The van der Waals surface area contributed by atoms with Crippen LogP contribution in [-0.4, -0.2) is 38.9 Å². The fourth-order valence-electron chi connectivity index (χ4n) is 5.23. The van der Waals surface area contributed by atoms with Gasteiger partial charge in [0.15, 0.2) is 0 Å². The number of unbranched alkanes of at least 4 members (excludes halogenated alkanes) is 24. The van der Waals surface area contributed by atoms with Gasteiger partial charge in [-0.2, -0.15) is 0 Å². The molecule has 0 atom stereocenters.